The fourth-order valence-corrected chi connectivity index (χ4v) is 4.54. The van der Waals surface area contributed by atoms with Crippen molar-refractivity contribution in [2.45, 2.75) is 20.4 Å². The van der Waals surface area contributed by atoms with Gasteiger partial charge in [-0.15, -0.1) is 0 Å². The topological polar surface area (TPSA) is 116 Å². The summed E-state index contributed by atoms with van der Waals surface area (Å²) in [6.45, 7) is 4.95. The molecule has 3 rings (SSSR count). The van der Waals surface area contributed by atoms with Crippen LogP contribution >= 0.6 is 0 Å². The van der Waals surface area contributed by atoms with Crippen molar-refractivity contribution in [1.29, 1.82) is 5.26 Å². The van der Waals surface area contributed by atoms with Gasteiger partial charge in [-0.2, -0.15) is 9.57 Å². The lowest BCUT2D eigenvalue weighted by molar-refractivity contribution is -0.116. The molecule has 31 heavy (non-hydrogen) atoms. The van der Waals surface area contributed by atoms with E-state index in [0.29, 0.717) is 43.1 Å². The molecule has 0 saturated carbocycles. The molecule has 1 saturated heterocycles. The molecule has 1 aliphatic heterocycles. The first-order valence-corrected chi connectivity index (χ1v) is 11.7. The molecule has 1 amide bonds. The van der Waals surface area contributed by atoms with Crippen LogP contribution in [0.4, 0.5) is 11.4 Å². The number of carbonyl (C=O) groups is 1. The van der Waals surface area contributed by atoms with Crippen LogP contribution in [0.2, 0.25) is 0 Å². The van der Waals surface area contributed by atoms with Gasteiger partial charge in [-0.1, -0.05) is 12.1 Å². The third-order valence-corrected chi connectivity index (χ3v) is 6.65. The molecule has 10 heteroatoms. The zero-order valence-electron chi connectivity index (χ0n) is 17.8. The van der Waals surface area contributed by atoms with Crippen molar-refractivity contribution in [1.82, 2.24) is 8.87 Å². The number of rotatable bonds is 5. The van der Waals surface area contributed by atoms with E-state index in [0.717, 1.165) is 5.69 Å². The fourth-order valence-electron chi connectivity index (χ4n) is 3.71. The monoisotopic (exact) mass is 443 g/mol. The largest absolute Gasteiger partial charge is 0.367 e. The standard InChI is InChI=1S/C21H25N5O4S/c1-15-12-16(2)26(21(28)17(15)13-22)14-20(27)23-18-6-4-5-7-19(18)24-8-10-25(11-9-24)31(3,29)30/h4-7,12H,8-11,14H2,1-3H3,(H,23,27). The summed E-state index contributed by atoms with van der Waals surface area (Å²) < 4.78 is 26.2. The Morgan fingerprint density at radius 3 is 2.42 bits per heavy atom. The van der Waals surface area contributed by atoms with Gasteiger partial charge in [0.2, 0.25) is 15.9 Å². The van der Waals surface area contributed by atoms with Gasteiger partial charge in [-0.05, 0) is 37.6 Å². The van der Waals surface area contributed by atoms with Crippen molar-refractivity contribution < 1.29 is 13.2 Å². The molecule has 1 aromatic carbocycles. The summed E-state index contributed by atoms with van der Waals surface area (Å²) in [4.78, 5) is 27.3. The first-order chi connectivity index (χ1) is 14.6. The summed E-state index contributed by atoms with van der Waals surface area (Å²) in [6, 6.07) is 10.9. The van der Waals surface area contributed by atoms with E-state index in [1.807, 2.05) is 23.1 Å². The molecular weight excluding hydrogens is 418 g/mol. The lowest BCUT2D eigenvalue weighted by Gasteiger charge is -2.35. The first kappa shape index (κ1) is 22.5. The van der Waals surface area contributed by atoms with Crippen LogP contribution in [0.5, 0.6) is 0 Å². The summed E-state index contributed by atoms with van der Waals surface area (Å²) in [5.41, 5.74) is 2.10. The summed E-state index contributed by atoms with van der Waals surface area (Å²) in [6.07, 6.45) is 1.20. The third kappa shape index (κ3) is 4.95. The molecule has 1 N–H and O–H groups in total. The van der Waals surface area contributed by atoms with Crippen LogP contribution in [-0.4, -0.2) is 55.6 Å². The van der Waals surface area contributed by atoms with Gasteiger partial charge in [0.1, 0.15) is 18.2 Å². The number of nitrogens with zero attached hydrogens (tertiary/aromatic N) is 4. The molecule has 2 aromatic rings. The number of para-hydroxylation sites is 2. The van der Waals surface area contributed by atoms with Gasteiger partial charge in [-0.25, -0.2) is 8.42 Å². The molecule has 0 atom stereocenters. The number of hydrogen-bond donors (Lipinski definition) is 1. The Hall–Kier alpha value is -3.16. The molecule has 9 nitrogen and oxygen atoms in total. The molecule has 1 aliphatic rings. The lowest BCUT2D eigenvalue weighted by atomic mass is 10.1. The van der Waals surface area contributed by atoms with E-state index in [9.17, 15) is 23.3 Å². The van der Waals surface area contributed by atoms with E-state index in [-0.39, 0.29) is 18.0 Å². The maximum atomic E-state index is 12.7. The minimum absolute atomic E-state index is 0.0301. The minimum atomic E-state index is -3.23. The first-order valence-electron chi connectivity index (χ1n) is 9.82. The van der Waals surface area contributed by atoms with Crippen LogP contribution in [0.3, 0.4) is 0 Å². The average molecular weight is 444 g/mol. The van der Waals surface area contributed by atoms with Gasteiger partial charge in [0.05, 0.1) is 17.6 Å². The van der Waals surface area contributed by atoms with Crippen molar-refractivity contribution in [3.8, 4) is 6.07 Å². The molecule has 0 aliphatic carbocycles. The number of amides is 1. The second kappa shape index (κ2) is 8.91. The summed E-state index contributed by atoms with van der Waals surface area (Å²) >= 11 is 0. The zero-order chi connectivity index (χ0) is 22.8. The Morgan fingerprint density at radius 1 is 1.16 bits per heavy atom. The second-order valence-corrected chi connectivity index (χ2v) is 9.54. The number of carbonyl (C=O) groups excluding carboxylic acids is 1. The summed E-state index contributed by atoms with van der Waals surface area (Å²) in [5, 5.41) is 12.1. The highest BCUT2D eigenvalue weighted by molar-refractivity contribution is 7.88. The van der Waals surface area contributed by atoms with Crippen LogP contribution in [0.15, 0.2) is 35.1 Å². The van der Waals surface area contributed by atoms with Crippen LogP contribution in [0, 0.1) is 25.2 Å². The highest BCUT2D eigenvalue weighted by Crippen LogP contribution is 2.27. The number of piperazine rings is 1. The Balaban J connectivity index is 1.78. The second-order valence-electron chi connectivity index (χ2n) is 7.56. The third-order valence-electron chi connectivity index (χ3n) is 5.34. The van der Waals surface area contributed by atoms with Crippen molar-refractivity contribution >= 4 is 27.3 Å². The number of sulfonamides is 1. The number of nitrogens with one attached hydrogen (secondary N) is 1. The maximum absolute atomic E-state index is 12.7. The quantitative estimate of drug-likeness (QED) is 0.739. The number of hydrogen-bond acceptors (Lipinski definition) is 6. The van der Waals surface area contributed by atoms with Gasteiger partial charge in [0.25, 0.3) is 5.56 Å². The van der Waals surface area contributed by atoms with Gasteiger partial charge in [0, 0.05) is 31.9 Å². The molecular formula is C21H25N5O4S. The predicted octanol–water partition coefficient (Wildman–Crippen LogP) is 1.06. The molecule has 0 bridgehead atoms. The number of benzene rings is 1. The molecule has 164 valence electrons. The smallest absolute Gasteiger partial charge is 0.269 e. The van der Waals surface area contributed by atoms with E-state index >= 15 is 0 Å². The molecule has 2 heterocycles. The van der Waals surface area contributed by atoms with Crippen molar-refractivity contribution in [2.24, 2.45) is 0 Å². The molecule has 0 radical (unpaired) electrons. The fraction of sp³-hybridized carbons (Fsp3) is 0.381. The molecule has 1 aromatic heterocycles. The van der Waals surface area contributed by atoms with E-state index in [1.165, 1.54) is 15.1 Å². The summed E-state index contributed by atoms with van der Waals surface area (Å²) in [7, 11) is -3.23. The van der Waals surface area contributed by atoms with Gasteiger partial charge in [-0.3, -0.25) is 9.59 Å². The highest BCUT2D eigenvalue weighted by Gasteiger charge is 2.25. The zero-order valence-corrected chi connectivity index (χ0v) is 18.6. The predicted molar refractivity (Wildman–Crippen MR) is 119 cm³/mol. The van der Waals surface area contributed by atoms with E-state index in [2.05, 4.69) is 5.32 Å². The highest BCUT2D eigenvalue weighted by atomic mass is 32.2. The van der Waals surface area contributed by atoms with Crippen LogP contribution in [0.25, 0.3) is 0 Å². The van der Waals surface area contributed by atoms with Crippen molar-refractivity contribution in [3.05, 3.63) is 57.5 Å². The Labute approximate surface area is 181 Å². The van der Waals surface area contributed by atoms with Crippen molar-refractivity contribution in [3.63, 3.8) is 0 Å². The molecule has 0 unspecified atom stereocenters. The number of anilines is 2. The molecule has 1 fully saturated rings. The van der Waals surface area contributed by atoms with Crippen molar-refractivity contribution in [2.75, 3.05) is 42.7 Å². The van der Waals surface area contributed by atoms with E-state index in [1.54, 1.807) is 32.0 Å². The maximum Gasteiger partial charge on any atom is 0.269 e. The number of nitriles is 1. The normalized spacial score (nSPS) is 14.8. The summed E-state index contributed by atoms with van der Waals surface area (Å²) in [5.74, 6) is -0.389. The minimum Gasteiger partial charge on any atom is -0.367 e. The Kier molecular flexibility index (Phi) is 6.48. The Bertz CT molecular complexity index is 1210. The van der Waals surface area contributed by atoms with Gasteiger partial charge >= 0.3 is 0 Å². The number of aryl methyl sites for hydroxylation is 2. The SMILES string of the molecule is Cc1cc(C)n(CC(=O)Nc2ccccc2N2CCN(S(C)(=O)=O)CC2)c(=O)c1C#N. The van der Waals surface area contributed by atoms with Crippen LogP contribution in [0.1, 0.15) is 16.8 Å². The van der Waals surface area contributed by atoms with Gasteiger partial charge in [0.15, 0.2) is 0 Å². The average Bonchev–Trinajstić information content (AvgIpc) is 2.71. The number of aromatic nitrogens is 1. The Morgan fingerprint density at radius 2 is 1.81 bits per heavy atom. The lowest BCUT2D eigenvalue weighted by Crippen LogP contribution is -2.48. The van der Waals surface area contributed by atoms with E-state index in [4.69, 9.17) is 0 Å². The van der Waals surface area contributed by atoms with Gasteiger partial charge < -0.3 is 14.8 Å². The van der Waals surface area contributed by atoms with E-state index < -0.39 is 15.6 Å². The van der Waals surface area contributed by atoms with Crippen LogP contribution in [-0.2, 0) is 21.4 Å². The molecule has 0 spiro atoms. The van der Waals surface area contributed by atoms with Crippen LogP contribution < -0.4 is 15.8 Å². The number of pyridine rings is 1.